The van der Waals surface area contributed by atoms with E-state index in [9.17, 15) is 9.35 Å². The Morgan fingerprint density at radius 3 is 2.71 bits per heavy atom. The fraction of sp³-hybridized carbons (Fsp3) is 0.588. The number of hydrogen-bond acceptors (Lipinski definition) is 3. The Balaban J connectivity index is 2.09. The van der Waals surface area contributed by atoms with E-state index in [0.29, 0.717) is 13.0 Å². The minimum atomic E-state index is -1.17. The van der Waals surface area contributed by atoms with Crippen molar-refractivity contribution in [2.24, 2.45) is 0 Å². The van der Waals surface area contributed by atoms with Crippen molar-refractivity contribution in [2.75, 3.05) is 6.54 Å². The summed E-state index contributed by atoms with van der Waals surface area (Å²) < 4.78 is 14.6. The maximum Gasteiger partial charge on any atom is 0.153 e. The van der Waals surface area contributed by atoms with Gasteiger partial charge in [0.2, 0.25) is 0 Å². The van der Waals surface area contributed by atoms with Crippen LogP contribution in [0.15, 0.2) is 24.3 Å². The van der Waals surface area contributed by atoms with Crippen molar-refractivity contribution in [3.63, 3.8) is 0 Å². The Morgan fingerprint density at radius 2 is 2.00 bits per heavy atom. The third-order valence-electron chi connectivity index (χ3n) is 4.57. The van der Waals surface area contributed by atoms with Gasteiger partial charge in [-0.1, -0.05) is 24.3 Å². The van der Waals surface area contributed by atoms with E-state index < -0.39 is 11.4 Å². The molecule has 0 bridgehead atoms. The fourth-order valence-electron chi connectivity index (χ4n) is 3.67. The summed E-state index contributed by atoms with van der Waals surface area (Å²) >= 11 is -1.17. The number of aryl methyl sites for hydroxylation is 1. The second-order valence-corrected chi connectivity index (χ2v) is 9.32. The standard InChI is InChI=1S/C17H23NO2S/c1-16(2,3)21(20)18-12-14(19)11-17(18)10-6-8-13-7-4-5-9-15(13)17/h4-5,7,9H,6,8,10-12H2,1-3H3/t17-,21?/m0/s1. The van der Waals surface area contributed by atoms with E-state index in [1.54, 1.807) is 0 Å². The molecule has 0 amide bonds. The summed E-state index contributed by atoms with van der Waals surface area (Å²) in [4.78, 5) is 12.2. The van der Waals surface area contributed by atoms with Gasteiger partial charge in [0.15, 0.2) is 5.78 Å². The molecule has 0 radical (unpaired) electrons. The first-order valence-electron chi connectivity index (χ1n) is 7.64. The van der Waals surface area contributed by atoms with Crippen LogP contribution in [0.25, 0.3) is 0 Å². The van der Waals surface area contributed by atoms with E-state index >= 15 is 0 Å². The van der Waals surface area contributed by atoms with Crippen molar-refractivity contribution in [3.8, 4) is 0 Å². The van der Waals surface area contributed by atoms with Crippen LogP contribution in [0.2, 0.25) is 0 Å². The highest BCUT2D eigenvalue weighted by Crippen LogP contribution is 2.48. The molecule has 4 heteroatoms. The molecule has 1 aliphatic carbocycles. The van der Waals surface area contributed by atoms with Crippen LogP contribution in [0.3, 0.4) is 0 Å². The maximum atomic E-state index is 13.0. The number of hydrogen-bond donors (Lipinski definition) is 0. The molecule has 3 nitrogen and oxygen atoms in total. The van der Waals surface area contributed by atoms with Gasteiger partial charge in [-0.25, -0.2) is 0 Å². The van der Waals surface area contributed by atoms with Gasteiger partial charge in [0, 0.05) is 17.8 Å². The quantitative estimate of drug-likeness (QED) is 0.749. The van der Waals surface area contributed by atoms with Crippen molar-refractivity contribution in [1.82, 2.24) is 4.31 Å². The van der Waals surface area contributed by atoms with Crippen LogP contribution >= 0.6 is 0 Å². The van der Waals surface area contributed by atoms with Gasteiger partial charge in [-0.2, -0.15) is 0 Å². The van der Waals surface area contributed by atoms with E-state index in [4.69, 9.17) is 0 Å². The van der Waals surface area contributed by atoms with Crippen LogP contribution < -0.4 is 0 Å². The van der Waals surface area contributed by atoms with Gasteiger partial charge in [0.05, 0.1) is 5.54 Å². The minimum Gasteiger partial charge on any atom is -0.597 e. The molecule has 1 aliphatic heterocycles. The van der Waals surface area contributed by atoms with Crippen LogP contribution in [-0.2, 0) is 28.1 Å². The topological polar surface area (TPSA) is 43.4 Å². The van der Waals surface area contributed by atoms with Gasteiger partial charge in [0.25, 0.3) is 0 Å². The Bertz CT molecular complexity index is 566. The molecule has 0 aromatic heterocycles. The number of rotatable bonds is 1. The number of Topliss-reactive ketones (excluding diaryl/α,β-unsaturated/α-hetero) is 1. The number of carbonyl (C=O) groups is 1. The second-order valence-electron chi connectivity index (χ2n) is 7.16. The lowest BCUT2D eigenvalue weighted by Crippen LogP contribution is -2.52. The molecule has 2 atom stereocenters. The highest BCUT2D eigenvalue weighted by molar-refractivity contribution is 7.90. The predicted molar refractivity (Wildman–Crippen MR) is 85.3 cm³/mol. The van der Waals surface area contributed by atoms with Crippen molar-refractivity contribution < 1.29 is 9.35 Å². The van der Waals surface area contributed by atoms with Crippen LogP contribution in [-0.4, -0.2) is 25.9 Å². The highest BCUT2D eigenvalue weighted by Gasteiger charge is 2.56. The van der Waals surface area contributed by atoms with Gasteiger partial charge in [0.1, 0.15) is 11.3 Å². The minimum absolute atomic E-state index is 0.212. The predicted octanol–water partition coefficient (Wildman–Crippen LogP) is 2.96. The zero-order valence-corrected chi connectivity index (χ0v) is 13.8. The summed E-state index contributed by atoms with van der Waals surface area (Å²) in [7, 11) is 0. The maximum absolute atomic E-state index is 13.0. The SMILES string of the molecule is CC(C)(C)[S+]([O-])N1CC(=O)C[C@]12CCCc1ccccc12. The van der Waals surface area contributed by atoms with Crippen LogP contribution in [0, 0.1) is 0 Å². The number of ketones is 1. The molecule has 114 valence electrons. The third-order valence-corrected chi connectivity index (χ3v) is 6.49. The average Bonchev–Trinajstić information content (AvgIpc) is 2.75. The lowest BCUT2D eigenvalue weighted by Gasteiger charge is -2.44. The molecular weight excluding hydrogens is 282 g/mol. The van der Waals surface area contributed by atoms with E-state index in [2.05, 4.69) is 18.2 Å². The molecular formula is C17H23NO2S. The van der Waals surface area contributed by atoms with Gasteiger partial charge in [-0.05, 0) is 51.2 Å². The summed E-state index contributed by atoms with van der Waals surface area (Å²) in [6.07, 6.45) is 3.55. The van der Waals surface area contributed by atoms with Crippen LogP contribution in [0.5, 0.6) is 0 Å². The van der Waals surface area contributed by atoms with Gasteiger partial charge in [-0.15, -0.1) is 4.31 Å². The first kappa shape index (κ1) is 15.1. The molecule has 21 heavy (non-hydrogen) atoms. The fourth-order valence-corrected chi connectivity index (χ4v) is 5.16. The largest absolute Gasteiger partial charge is 0.597 e. The monoisotopic (exact) mass is 305 g/mol. The second kappa shape index (κ2) is 5.11. The van der Waals surface area contributed by atoms with Crippen molar-refractivity contribution >= 4 is 17.1 Å². The van der Waals surface area contributed by atoms with E-state index in [1.807, 2.05) is 31.1 Å². The van der Waals surface area contributed by atoms with Gasteiger partial charge in [-0.3, -0.25) is 4.79 Å². The Kier molecular flexibility index (Phi) is 3.67. The molecule has 1 heterocycles. The zero-order chi connectivity index (χ0) is 15.3. The van der Waals surface area contributed by atoms with Gasteiger partial charge < -0.3 is 4.55 Å². The zero-order valence-electron chi connectivity index (χ0n) is 13.0. The third kappa shape index (κ3) is 2.43. The summed E-state index contributed by atoms with van der Waals surface area (Å²) in [6, 6.07) is 8.36. The molecule has 0 saturated carbocycles. The lowest BCUT2D eigenvalue weighted by atomic mass is 9.75. The molecule has 1 spiro atoms. The number of fused-ring (bicyclic) bond motifs is 2. The smallest absolute Gasteiger partial charge is 0.153 e. The summed E-state index contributed by atoms with van der Waals surface area (Å²) in [5.41, 5.74) is 2.19. The number of carbonyl (C=O) groups excluding carboxylic acids is 1. The Morgan fingerprint density at radius 1 is 1.29 bits per heavy atom. The van der Waals surface area contributed by atoms with Crippen LogP contribution in [0.1, 0.15) is 51.2 Å². The Labute approximate surface area is 130 Å². The van der Waals surface area contributed by atoms with Crippen LogP contribution in [0.4, 0.5) is 0 Å². The van der Waals surface area contributed by atoms with E-state index in [-0.39, 0.29) is 16.1 Å². The molecule has 3 rings (SSSR count). The molecule has 1 saturated heterocycles. The van der Waals surface area contributed by atoms with E-state index in [0.717, 1.165) is 19.3 Å². The highest BCUT2D eigenvalue weighted by atomic mass is 32.2. The van der Waals surface area contributed by atoms with Crippen molar-refractivity contribution in [2.45, 2.75) is 56.7 Å². The number of nitrogens with zero attached hydrogens (tertiary/aromatic N) is 1. The molecule has 1 aromatic rings. The first-order chi connectivity index (χ1) is 9.84. The number of benzene rings is 1. The Hall–Kier alpha value is -0.840. The molecule has 1 unspecified atom stereocenters. The molecule has 0 N–H and O–H groups in total. The van der Waals surface area contributed by atoms with Crippen molar-refractivity contribution in [1.29, 1.82) is 0 Å². The summed E-state index contributed by atoms with van der Waals surface area (Å²) in [6.45, 7) is 6.26. The molecule has 1 aromatic carbocycles. The first-order valence-corrected chi connectivity index (χ1v) is 8.75. The lowest BCUT2D eigenvalue weighted by molar-refractivity contribution is -0.116. The normalized spacial score (nSPS) is 27.9. The molecule has 2 aliphatic rings. The summed E-state index contributed by atoms with van der Waals surface area (Å²) in [5, 5.41) is 0. The molecule has 1 fully saturated rings. The summed E-state index contributed by atoms with van der Waals surface area (Å²) in [5.74, 6) is 0.212. The van der Waals surface area contributed by atoms with Gasteiger partial charge >= 0.3 is 0 Å². The van der Waals surface area contributed by atoms with E-state index in [1.165, 1.54) is 11.1 Å². The average molecular weight is 305 g/mol. The van der Waals surface area contributed by atoms with Crippen molar-refractivity contribution in [3.05, 3.63) is 35.4 Å².